The van der Waals surface area contributed by atoms with Crippen molar-refractivity contribution in [1.82, 2.24) is 10.2 Å². The highest BCUT2D eigenvalue weighted by Crippen LogP contribution is 2.33. The average molecular weight is 687 g/mol. The summed E-state index contributed by atoms with van der Waals surface area (Å²) in [5.41, 5.74) is 1.63. The van der Waals surface area contributed by atoms with Gasteiger partial charge in [-0.25, -0.2) is 8.42 Å². The van der Waals surface area contributed by atoms with Gasteiger partial charge in [-0.05, 0) is 66.9 Å². The summed E-state index contributed by atoms with van der Waals surface area (Å²) in [6.45, 7) is 3.23. The molecule has 11 heteroatoms. The lowest BCUT2D eigenvalue weighted by molar-refractivity contribution is -0.140. The normalized spacial score (nSPS) is 12.6. The minimum atomic E-state index is -4.28. The third-order valence-electron chi connectivity index (χ3n) is 7.33. The molecule has 236 valence electrons. The Hall–Kier alpha value is -3.56. The summed E-state index contributed by atoms with van der Waals surface area (Å²) in [5, 5.41) is 3.89. The summed E-state index contributed by atoms with van der Waals surface area (Å²) < 4.78 is 29.1. The lowest BCUT2D eigenvalue weighted by atomic mass is 10.0. The fraction of sp³-hybridized carbons (Fsp3) is 0.235. The number of anilines is 1. The number of sulfonamides is 1. The fourth-order valence-corrected chi connectivity index (χ4v) is 6.84. The molecule has 4 aromatic rings. The number of benzene rings is 4. The van der Waals surface area contributed by atoms with Gasteiger partial charge in [0.2, 0.25) is 11.8 Å². The molecule has 0 aliphatic rings. The van der Waals surface area contributed by atoms with Crippen LogP contribution in [0.5, 0.6) is 0 Å². The lowest BCUT2D eigenvalue weighted by Crippen LogP contribution is -2.54. The minimum absolute atomic E-state index is 0.0228. The van der Waals surface area contributed by atoms with Crippen LogP contribution in [-0.2, 0) is 32.6 Å². The SMILES string of the molecule is CC[C@@H](C)NC(=O)[C@@H](Cc1ccccc1)N(Cc1ccc(Cl)cc1)C(=O)CN(c1ccc(Cl)cc1Cl)S(=O)(=O)c1ccccc1. The van der Waals surface area contributed by atoms with Gasteiger partial charge < -0.3 is 10.2 Å². The first kappa shape index (κ1) is 34.3. The number of hydrogen-bond acceptors (Lipinski definition) is 4. The Balaban J connectivity index is 1.82. The van der Waals surface area contributed by atoms with Gasteiger partial charge in [-0.3, -0.25) is 13.9 Å². The molecule has 0 aliphatic heterocycles. The van der Waals surface area contributed by atoms with Gasteiger partial charge in [-0.1, -0.05) is 102 Å². The molecular weight excluding hydrogens is 653 g/mol. The maximum atomic E-state index is 14.5. The Morgan fingerprint density at radius 2 is 1.40 bits per heavy atom. The van der Waals surface area contributed by atoms with Gasteiger partial charge >= 0.3 is 0 Å². The number of nitrogens with one attached hydrogen (secondary N) is 1. The van der Waals surface area contributed by atoms with Crippen LogP contribution < -0.4 is 9.62 Å². The van der Waals surface area contributed by atoms with E-state index in [1.54, 1.807) is 42.5 Å². The van der Waals surface area contributed by atoms with Crippen molar-refractivity contribution in [3.05, 3.63) is 129 Å². The van der Waals surface area contributed by atoms with Crippen molar-refractivity contribution in [1.29, 1.82) is 0 Å². The van der Waals surface area contributed by atoms with Crippen LogP contribution in [0.2, 0.25) is 15.1 Å². The zero-order valence-electron chi connectivity index (χ0n) is 24.9. The second-order valence-electron chi connectivity index (χ2n) is 10.6. The zero-order chi connectivity index (χ0) is 32.6. The third-order valence-corrected chi connectivity index (χ3v) is 9.89. The monoisotopic (exact) mass is 685 g/mol. The number of carbonyl (C=O) groups excluding carboxylic acids is 2. The maximum Gasteiger partial charge on any atom is 0.264 e. The highest BCUT2D eigenvalue weighted by molar-refractivity contribution is 7.92. The van der Waals surface area contributed by atoms with Crippen LogP contribution in [0.3, 0.4) is 0 Å². The topological polar surface area (TPSA) is 86.8 Å². The Bertz CT molecular complexity index is 1710. The predicted octanol–water partition coefficient (Wildman–Crippen LogP) is 7.40. The van der Waals surface area contributed by atoms with Gasteiger partial charge in [0.1, 0.15) is 12.6 Å². The first-order valence-corrected chi connectivity index (χ1v) is 17.0. The van der Waals surface area contributed by atoms with Crippen LogP contribution in [0.25, 0.3) is 0 Å². The van der Waals surface area contributed by atoms with Crippen LogP contribution in [0.1, 0.15) is 31.4 Å². The van der Waals surface area contributed by atoms with Crippen molar-refractivity contribution in [3.63, 3.8) is 0 Å². The molecule has 0 radical (unpaired) electrons. The molecule has 0 bridgehead atoms. The molecule has 0 aromatic heterocycles. The molecule has 1 N–H and O–H groups in total. The molecule has 0 saturated heterocycles. The molecule has 0 saturated carbocycles. The van der Waals surface area contributed by atoms with E-state index in [2.05, 4.69) is 5.32 Å². The van der Waals surface area contributed by atoms with E-state index in [9.17, 15) is 18.0 Å². The Kier molecular flexibility index (Phi) is 11.9. The number of hydrogen-bond donors (Lipinski definition) is 1. The van der Waals surface area contributed by atoms with E-state index in [-0.39, 0.29) is 40.5 Å². The molecule has 2 atom stereocenters. The van der Waals surface area contributed by atoms with Crippen molar-refractivity contribution in [2.45, 2.75) is 50.2 Å². The van der Waals surface area contributed by atoms with Gasteiger partial charge in [0.25, 0.3) is 10.0 Å². The summed E-state index contributed by atoms with van der Waals surface area (Å²) in [7, 11) is -4.28. The summed E-state index contributed by atoms with van der Waals surface area (Å²) in [6.07, 6.45) is 0.892. The minimum Gasteiger partial charge on any atom is -0.352 e. The first-order chi connectivity index (χ1) is 21.5. The maximum absolute atomic E-state index is 14.5. The molecular formula is C34H34Cl3N3O4S. The van der Waals surface area contributed by atoms with Crippen LogP contribution in [0.4, 0.5) is 5.69 Å². The van der Waals surface area contributed by atoms with Gasteiger partial charge in [0.15, 0.2) is 0 Å². The Morgan fingerprint density at radius 3 is 2.00 bits per heavy atom. The van der Waals surface area contributed by atoms with Gasteiger partial charge in [0.05, 0.1) is 15.6 Å². The first-order valence-electron chi connectivity index (χ1n) is 14.4. The van der Waals surface area contributed by atoms with Crippen molar-refractivity contribution >= 4 is 62.3 Å². The number of halogens is 3. The van der Waals surface area contributed by atoms with Crippen molar-refractivity contribution in [3.8, 4) is 0 Å². The molecule has 0 fully saturated rings. The average Bonchev–Trinajstić information content (AvgIpc) is 3.03. The number of nitrogens with zero attached hydrogens (tertiary/aromatic N) is 2. The number of carbonyl (C=O) groups is 2. The second-order valence-corrected chi connectivity index (χ2v) is 13.7. The van der Waals surface area contributed by atoms with Crippen LogP contribution >= 0.6 is 34.8 Å². The van der Waals surface area contributed by atoms with Crippen molar-refractivity contribution in [2.75, 3.05) is 10.8 Å². The number of rotatable bonds is 13. The molecule has 45 heavy (non-hydrogen) atoms. The van der Waals surface area contributed by atoms with Crippen LogP contribution in [0.15, 0.2) is 108 Å². The largest absolute Gasteiger partial charge is 0.352 e. The van der Waals surface area contributed by atoms with E-state index in [1.807, 2.05) is 44.2 Å². The lowest BCUT2D eigenvalue weighted by Gasteiger charge is -2.34. The summed E-state index contributed by atoms with van der Waals surface area (Å²) >= 11 is 18.8. The van der Waals surface area contributed by atoms with Gasteiger partial charge in [0, 0.05) is 29.1 Å². The molecule has 4 aromatic carbocycles. The quantitative estimate of drug-likeness (QED) is 0.159. The fourth-order valence-electron chi connectivity index (χ4n) is 4.70. The van der Waals surface area contributed by atoms with E-state index >= 15 is 0 Å². The molecule has 4 rings (SSSR count). The highest BCUT2D eigenvalue weighted by Gasteiger charge is 2.35. The third kappa shape index (κ3) is 9.01. The predicted molar refractivity (Wildman–Crippen MR) is 181 cm³/mol. The second kappa shape index (κ2) is 15.6. The van der Waals surface area contributed by atoms with E-state index in [4.69, 9.17) is 34.8 Å². The van der Waals surface area contributed by atoms with Crippen LogP contribution in [-0.4, -0.2) is 43.8 Å². The van der Waals surface area contributed by atoms with E-state index in [0.29, 0.717) is 22.0 Å². The molecule has 0 heterocycles. The molecule has 7 nitrogen and oxygen atoms in total. The molecule has 0 unspecified atom stereocenters. The van der Waals surface area contributed by atoms with E-state index in [0.717, 1.165) is 9.87 Å². The van der Waals surface area contributed by atoms with E-state index in [1.165, 1.54) is 35.2 Å². The van der Waals surface area contributed by atoms with E-state index < -0.39 is 28.5 Å². The number of amides is 2. The Morgan fingerprint density at radius 1 is 0.800 bits per heavy atom. The summed E-state index contributed by atoms with van der Waals surface area (Å²) in [4.78, 5) is 29.8. The van der Waals surface area contributed by atoms with Gasteiger partial charge in [-0.15, -0.1) is 0 Å². The zero-order valence-corrected chi connectivity index (χ0v) is 28.0. The molecule has 0 aliphatic carbocycles. The molecule has 0 spiro atoms. The van der Waals surface area contributed by atoms with Crippen LogP contribution in [0, 0.1) is 0 Å². The smallest absolute Gasteiger partial charge is 0.264 e. The van der Waals surface area contributed by atoms with Gasteiger partial charge in [-0.2, -0.15) is 0 Å². The van der Waals surface area contributed by atoms with Crippen molar-refractivity contribution < 1.29 is 18.0 Å². The summed E-state index contributed by atoms with van der Waals surface area (Å²) in [5.74, 6) is -0.951. The Labute approximate surface area is 279 Å². The standard InChI is InChI=1S/C34H34Cl3N3O4S/c1-3-24(2)38-34(42)32(20-25-10-6-4-7-11-25)39(22-26-14-16-27(35)17-15-26)33(41)23-40(31-19-18-28(36)21-30(31)37)45(43,44)29-12-8-5-9-13-29/h4-19,21,24,32H,3,20,22-23H2,1-2H3,(H,38,42)/t24-,32-/m1/s1. The highest BCUT2D eigenvalue weighted by atomic mass is 35.5. The van der Waals surface area contributed by atoms with Crippen molar-refractivity contribution in [2.24, 2.45) is 0 Å². The summed E-state index contributed by atoms with van der Waals surface area (Å²) in [6, 6.07) is 27.3. The molecule has 2 amide bonds.